The Bertz CT molecular complexity index is 604. The lowest BCUT2D eigenvalue weighted by atomic mass is 9.90. The van der Waals surface area contributed by atoms with Crippen LogP contribution in [0.15, 0.2) is 11.0 Å². The summed E-state index contributed by atoms with van der Waals surface area (Å²) in [6.45, 7) is 2.01. The van der Waals surface area contributed by atoms with E-state index in [1.807, 2.05) is 0 Å². The Kier molecular flexibility index (Phi) is 3.48. The molecule has 0 saturated carbocycles. The molecule has 2 saturated heterocycles. The Hall–Kier alpha value is -1.48. The number of methoxy groups -OCH3 is 1. The van der Waals surface area contributed by atoms with Crippen LogP contribution in [-0.4, -0.2) is 52.8 Å². The second-order valence-corrected chi connectivity index (χ2v) is 5.47. The first-order valence-electron chi connectivity index (χ1n) is 6.81. The molecule has 3 N–H and O–H groups in total. The van der Waals surface area contributed by atoms with Crippen LogP contribution in [0.3, 0.4) is 0 Å². The molecule has 8 heteroatoms. The maximum atomic E-state index is 12.1. The van der Waals surface area contributed by atoms with Gasteiger partial charge in [0.1, 0.15) is 23.6 Å². The van der Waals surface area contributed by atoms with Crippen molar-refractivity contribution >= 4 is 5.82 Å². The molecular weight excluding hydrogens is 278 g/mol. The molecule has 0 amide bonds. The van der Waals surface area contributed by atoms with E-state index in [1.54, 1.807) is 13.1 Å². The number of rotatable bonds is 3. The minimum Gasteiger partial charge on any atom is -0.393 e. The first-order valence-corrected chi connectivity index (χ1v) is 6.81. The summed E-state index contributed by atoms with van der Waals surface area (Å²) < 4.78 is 18.5. The quantitative estimate of drug-likeness (QED) is 0.751. The van der Waals surface area contributed by atoms with Crippen LogP contribution < -0.4 is 11.4 Å². The first-order chi connectivity index (χ1) is 10.0. The van der Waals surface area contributed by atoms with Gasteiger partial charge in [0.2, 0.25) is 0 Å². The van der Waals surface area contributed by atoms with E-state index in [1.165, 1.54) is 11.7 Å². The zero-order valence-electron chi connectivity index (χ0n) is 12.0. The predicted octanol–water partition coefficient (Wildman–Crippen LogP) is -0.802. The van der Waals surface area contributed by atoms with Gasteiger partial charge in [-0.1, -0.05) is 0 Å². The molecule has 3 rings (SSSR count). The molecular formula is C13H19N3O5. The number of aliphatic hydroxyl groups is 1. The fourth-order valence-corrected chi connectivity index (χ4v) is 3.09. The smallest absolute Gasteiger partial charge is 0.351 e. The van der Waals surface area contributed by atoms with E-state index in [0.29, 0.717) is 18.6 Å². The van der Waals surface area contributed by atoms with Crippen molar-refractivity contribution in [1.29, 1.82) is 0 Å². The van der Waals surface area contributed by atoms with Crippen molar-refractivity contribution in [1.82, 2.24) is 9.55 Å². The van der Waals surface area contributed by atoms with E-state index in [0.717, 1.165) is 0 Å². The van der Waals surface area contributed by atoms with E-state index < -0.39 is 29.7 Å². The third kappa shape index (κ3) is 2.06. The summed E-state index contributed by atoms with van der Waals surface area (Å²) in [6.07, 6.45) is 0.496. The normalized spacial score (nSPS) is 35.1. The molecule has 0 aromatic carbocycles. The Morgan fingerprint density at radius 3 is 3.05 bits per heavy atom. The Morgan fingerprint density at radius 2 is 2.43 bits per heavy atom. The highest BCUT2D eigenvalue weighted by molar-refractivity contribution is 5.35. The summed E-state index contributed by atoms with van der Waals surface area (Å²) in [5.74, 6) is 0.193. The van der Waals surface area contributed by atoms with Gasteiger partial charge in [-0.2, -0.15) is 4.98 Å². The average molecular weight is 297 g/mol. The van der Waals surface area contributed by atoms with Crippen molar-refractivity contribution in [3.8, 4) is 0 Å². The number of fused-ring (bicyclic) bond motifs is 2. The Balaban J connectivity index is 2.05. The molecule has 8 nitrogen and oxygen atoms in total. The van der Waals surface area contributed by atoms with Crippen LogP contribution in [0.5, 0.6) is 0 Å². The lowest BCUT2D eigenvalue weighted by Gasteiger charge is -2.36. The number of hydrogen-bond acceptors (Lipinski definition) is 7. The SMILES string of the molecule is COC1C2OCC[C@]1(CO)O[C@H]2n1cc(C)c(N)nc1=O. The highest BCUT2D eigenvalue weighted by Crippen LogP contribution is 2.45. The number of nitrogens with two attached hydrogens (primary N) is 1. The largest absolute Gasteiger partial charge is 0.393 e. The lowest BCUT2D eigenvalue weighted by molar-refractivity contribution is -0.154. The van der Waals surface area contributed by atoms with Crippen LogP contribution in [0.25, 0.3) is 0 Å². The topological polar surface area (TPSA) is 109 Å². The van der Waals surface area contributed by atoms with Crippen molar-refractivity contribution < 1.29 is 19.3 Å². The van der Waals surface area contributed by atoms with E-state index in [9.17, 15) is 9.90 Å². The van der Waals surface area contributed by atoms with Crippen LogP contribution in [0.2, 0.25) is 0 Å². The number of anilines is 1. The molecule has 116 valence electrons. The fraction of sp³-hybridized carbons (Fsp3) is 0.692. The van der Waals surface area contributed by atoms with E-state index in [-0.39, 0.29) is 12.4 Å². The molecule has 3 heterocycles. The summed E-state index contributed by atoms with van der Waals surface area (Å²) in [6, 6.07) is 0. The maximum Gasteiger partial charge on any atom is 0.351 e. The monoisotopic (exact) mass is 297 g/mol. The third-order valence-corrected chi connectivity index (χ3v) is 4.26. The van der Waals surface area contributed by atoms with Gasteiger partial charge in [-0.15, -0.1) is 0 Å². The zero-order valence-corrected chi connectivity index (χ0v) is 12.0. The molecule has 21 heavy (non-hydrogen) atoms. The number of aryl methyl sites for hydroxylation is 1. The van der Waals surface area contributed by atoms with Crippen molar-refractivity contribution in [3.05, 3.63) is 22.2 Å². The number of ether oxygens (including phenoxy) is 3. The zero-order chi connectivity index (χ0) is 15.2. The van der Waals surface area contributed by atoms with Gasteiger partial charge < -0.3 is 25.1 Å². The van der Waals surface area contributed by atoms with Gasteiger partial charge in [0, 0.05) is 25.3 Å². The van der Waals surface area contributed by atoms with Crippen LogP contribution in [-0.2, 0) is 14.2 Å². The van der Waals surface area contributed by atoms with Crippen molar-refractivity contribution in [3.63, 3.8) is 0 Å². The van der Waals surface area contributed by atoms with Gasteiger partial charge >= 0.3 is 5.69 Å². The highest BCUT2D eigenvalue weighted by Gasteiger charge is 2.59. The van der Waals surface area contributed by atoms with Gasteiger partial charge in [-0.3, -0.25) is 4.57 Å². The molecule has 2 aliphatic rings. The average Bonchev–Trinajstić information content (AvgIpc) is 2.65. The number of aliphatic hydroxyl groups excluding tert-OH is 1. The summed E-state index contributed by atoms with van der Waals surface area (Å²) in [7, 11) is 1.54. The molecule has 1 aromatic rings. The number of hydrogen-bond donors (Lipinski definition) is 2. The van der Waals surface area contributed by atoms with Crippen molar-refractivity contribution in [2.45, 2.75) is 37.4 Å². The standard InChI is InChI=1S/C13H19N3O5/c1-7-5-16(12(18)15-10(7)14)11-8-9(19-2)13(6-17,21-11)3-4-20-8/h5,8-9,11,17H,3-4,6H2,1-2H3,(H2,14,15,18)/t8?,9?,11-,13-/m1/s1. The highest BCUT2D eigenvalue weighted by atomic mass is 16.6. The maximum absolute atomic E-state index is 12.1. The number of nitrogen functional groups attached to an aromatic ring is 1. The number of aromatic nitrogens is 2. The van der Waals surface area contributed by atoms with Gasteiger partial charge in [-0.05, 0) is 6.92 Å². The molecule has 0 radical (unpaired) electrons. The van der Waals surface area contributed by atoms with Crippen LogP contribution in [0.4, 0.5) is 5.82 Å². The van der Waals surface area contributed by atoms with Crippen LogP contribution in [0.1, 0.15) is 18.2 Å². The second-order valence-electron chi connectivity index (χ2n) is 5.47. The molecule has 0 aliphatic carbocycles. The minimum absolute atomic E-state index is 0.193. The van der Waals surface area contributed by atoms with Crippen LogP contribution in [0, 0.1) is 6.92 Å². The molecule has 4 atom stereocenters. The molecule has 2 fully saturated rings. The molecule has 1 aromatic heterocycles. The molecule has 0 spiro atoms. The lowest BCUT2D eigenvalue weighted by Crippen LogP contribution is -2.52. The molecule has 2 aliphatic heterocycles. The molecule has 2 bridgehead atoms. The summed E-state index contributed by atoms with van der Waals surface area (Å²) in [5.41, 5.74) is 4.95. The summed E-state index contributed by atoms with van der Waals surface area (Å²) in [5, 5.41) is 9.72. The van der Waals surface area contributed by atoms with Gasteiger partial charge in [0.05, 0.1) is 13.2 Å². The summed E-state index contributed by atoms with van der Waals surface area (Å²) in [4.78, 5) is 15.9. The Morgan fingerprint density at radius 1 is 1.67 bits per heavy atom. The van der Waals surface area contributed by atoms with Gasteiger partial charge in [0.25, 0.3) is 0 Å². The van der Waals surface area contributed by atoms with Crippen LogP contribution >= 0.6 is 0 Å². The van der Waals surface area contributed by atoms with Gasteiger partial charge in [0.15, 0.2) is 6.23 Å². The third-order valence-electron chi connectivity index (χ3n) is 4.26. The van der Waals surface area contributed by atoms with Crippen molar-refractivity contribution in [2.75, 3.05) is 26.1 Å². The minimum atomic E-state index is -0.850. The first kappa shape index (κ1) is 14.5. The second kappa shape index (κ2) is 5.06. The predicted molar refractivity (Wildman–Crippen MR) is 72.7 cm³/mol. The van der Waals surface area contributed by atoms with Crippen molar-refractivity contribution in [2.24, 2.45) is 0 Å². The number of nitrogens with zero attached hydrogens (tertiary/aromatic N) is 2. The fourth-order valence-electron chi connectivity index (χ4n) is 3.09. The van der Waals surface area contributed by atoms with E-state index in [2.05, 4.69) is 4.98 Å². The Labute approximate surface area is 121 Å². The van der Waals surface area contributed by atoms with Gasteiger partial charge in [-0.25, -0.2) is 4.79 Å². The summed E-state index contributed by atoms with van der Waals surface area (Å²) >= 11 is 0. The van der Waals surface area contributed by atoms with E-state index >= 15 is 0 Å². The molecule has 2 unspecified atom stereocenters. The van der Waals surface area contributed by atoms with E-state index in [4.69, 9.17) is 19.9 Å².